The van der Waals surface area contributed by atoms with Crippen LogP contribution in [0.5, 0.6) is 0 Å². The van der Waals surface area contributed by atoms with Crippen LogP contribution in [0.2, 0.25) is 5.02 Å². The van der Waals surface area contributed by atoms with E-state index in [2.05, 4.69) is 4.90 Å². The topological polar surface area (TPSA) is 50.0 Å². The van der Waals surface area contributed by atoms with Crippen molar-refractivity contribution in [1.82, 2.24) is 13.9 Å². The molecule has 170 valence electrons. The van der Waals surface area contributed by atoms with Crippen LogP contribution < -0.4 is 10.5 Å². The first kappa shape index (κ1) is 21.7. The summed E-state index contributed by atoms with van der Waals surface area (Å²) in [5.41, 5.74) is 3.57. The lowest BCUT2D eigenvalue weighted by molar-refractivity contribution is -0.121. The first-order valence-electron chi connectivity index (χ1n) is 11.0. The molecule has 2 aromatic heterocycles. The average molecular weight is 467 g/mol. The maximum Gasteiger partial charge on any atom is 0.275 e. The molecule has 2 aromatic carbocycles. The molecule has 1 aliphatic heterocycles. The zero-order valence-electron chi connectivity index (χ0n) is 18.3. The molecule has 3 heterocycles. The molecule has 0 bridgehead atoms. The van der Waals surface area contributed by atoms with E-state index in [1.807, 2.05) is 29.5 Å². The van der Waals surface area contributed by atoms with Crippen LogP contribution in [0.1, 0.15) is 12.1 Å². The monoisotopic (exact) mass is 466 g/mol. The number of halogens is 2. The van der Waals surface area contributed by atoms with Gasteiger partial charge < -0.3 is 13.9 Å². The van der Waals surface area contributed by atoms with Crippen LogP contribution in [0.15, 0.2) is 59.4 Å². The predicted molar refractivity (Wildman–Crippen MR) is 129 cm³/mol. The van der Waals surface area contributed by atoms with Gasteiger partial charge in [0.2, 0.25) is 5.91 Å². The molecule has 4 aromatic rings. The van der Waals surface area contributed by atoms with Crippen molar-refractivity contribution >= 4 is 39.7 Å². The summed E-state index contributed by atoms with van der Waals surface area (Å²) in [4.78, 5) is 29.7. The van der Waals surface area contributed by atoms with Gasteiger partial charge >= 0.3 is 0 Å². The van der Waals surface area contributed by atoms with Gasteiger partial charge in [-0.1, -0.05) is 11.6 Å². The molecule has 33 heavy (non-hydrogen) atoms. The summed E-state index contributed by atoms with van der Waals surface area (Å²) in [5.74, 6) is -0.286. The number of carbonyl (C=O) groups excluding carboxylic acids is 1. The molecule has 1 aliphatic rings. The van der Waals surface area contributed by atoms with E-state index in [1.165, 1.54) is 12.1 Å². The van der Waals surface area contributed by atoms with Crippen LogP contribution in [0, 0.1) is 12.7 Å². The van der Waals surface area contributed by atoms with Gasteiger partial charge in [-0.2, -0.15) is 0 Å². The van der Waals surface area contributed by atoms with Crippen LogP contribution in [0.4, 0.5) is 10.1 Å². The minimum absolute atomic E-state index is 0.0479. The Morgan fingerprint density at radius 2 is 1.67 bits per heavy atom. The van der Waals surface area contributed by atoms with E-state index in [1.54, 1.807) is 33.7 Å². The Morgan fingerprint density at radius 1 is 0.909 bits per heavy atom. The summed E-state index contributed by atoms with van der Waals surface area (Å²) in [6, 6.07) is 15.5. The largest absolute Gasteiger partial charge is 0.310 e. The van der Waals surface area contributed by atoms with Crippen molar-refractivity contribution in [3.63, 3.8) is 0 Å². The van der Waals surface area contributed by atoms with Crippen molar-refractivity contribution in [2.24, 2.45) is 0 Å². The highest BCUT2D eigenvalue weighted by Crippen LogP contribution is 2.21. The smallest absolute Gasteiger partial charge is 0.275 e. The first-order valence-corrected chi connectivity index (χ1v) is 11.4. The van der Waals surface area contributed by atoms with Crippen molar-refractivity contribution in [3.8, 4) is 0 Å². The normalized spacial score (nSPS) is 15.1. The van der Waals surface area contributed by atoms with Gasteiger partial charge in [0.15, 0.2) is 0 Å². The van der Waals surface area contributed by atoms with E-state index in [9.17, 15) is 14.0 Å². The molecule has 0 aliphatic carbocycles. The Hall–Kier alpha value is -3.16. The number of benzene rings is 2. The molecule has 5 rings (SSSR count). The second-order valence-corrected chi connectivity index (χ2v) is 8.87. The molecular weight excluding hydrogens is 443 g/mol. The first-order chi connectivity index (χ1) is 15.9. The third kappa shape index (κ3) is 4.03. The van der Waals surface area contributed by atoms with Gasteiger partial charge in [-0.3, -0.25) is 14.5 Å². The Morgan fingerprint density at radius 3 is 2.42 bits per heavy atom. The molecular formula is C25H24ClFN4O2. The summed E-state index contributed by atoms with van der Waals surface area (Å²) in [6.07, 6.45) is 0.705. The summed E-state index contributed by atoms with van der Waals surface area (Å²) >= 11 is 5.95. The molecule has 6 nitrogen and oxygen atoms in total. The molecule has 0 radical (unpaired) electrons. The molecule has 1 saturated heterocycles. The fourth-order valence-electron chi connectivity index (χ4n) is 4.66. The highest BCUT2D eigenvalue weighted by Gasteiger charge is 2.24. The molecule has 0 spiro atoms. The van der Waals surface area contributed by atoms with E-state index in [0.29, 0.717) is 54.2 Å². The number of aryl methyl sites for hydroxylation is 2. The molecule has 0 N–H and O–H groups in total. The van der Waals surface area contributed by atoms with Crippen molar-refractivity contribution in [2.45, 2.75) is 19.9 Å². The van der Waals surface area contributed by atoms with E-state index in [0.717, 1.165) is 17.9 Å². The Kier molecular flexibility index (Phi) is 5.68. The van der Waals surface area contributed by atoms with Gasteiger partial charge in [0.05, 0.1) is 17.6 Å². The number of rotatable bonds is 5. The fourth-order valence-corrected chi connectivity index (χ4v) is 4.78. The summed E-state index contributed by atoms with van der Waals surface area (Å²) < 4.78 is 17.5. The van der Waals surface area contributed by atoms with Crippen LogP contribution in [-0.4, -0.2) is 46.0 Å². The van der Waals surface area contributed by atoms with Gasteiger partial charge in [0, 0.05) is 42.6 Å². The second-order valence-electron chi connectivity index (χ2n) is 8.44. The average Bonchev–Trinajstić information content (AvgIpc) is 3.19. The lowest BCUT2D eigenvalue weighted by atomic mass is 10.2. The fraction of sp³-hybridized carbons (Fsp3) is 0.280. The summed E-state index contributed by atoms with van der Waals surface area (Å²) in [5, 5.41) is 0.642. The minimum atomic E-state index is -0.334. The highest BCUT2D eigenvalue weighted by atomic mass is 35.5. The summed E-state index contributed by atoms with van der Waals surface area (Å²) in [7, 11) is 0. The SMILES string of the molecule is Cc1ccc2c(=O)n(CCCN3CCN(c4ccc(Cl)cc4)C(=O)C3)c3ccc(F)cc3n12. The van der Waals surface area contributed by atoms with Crippen molar-refractivity contribution < 1.29 is 9.18 Å². The summed E-state index contributed by atoms with van der Waals surface area (Å²) in [6.45, 7) is 4.79. The quantitative estimate of drug-likeness (QED) is 0.445. The molecule has 1 amide bonds. The van der Waals surface area contributed by atoms with Crippen molar-refractivity contribution in [2.75, 3.05) is 31.1 Å². The number of amides is 1. The number of piperazine rings is 1. The van der Waals surface area contributed by atoms with Gasteiger partial charge in [-0.05, 0) is 67.9 Å². The number of anilines is 1. The number of hydrogen-bond donors (Lipinski definition) is 0. The maximum absolute atomic E-state index is 14.0. The molecule has 8 heteroatoms. The zero-order valence-corrected chi connectivity index (χ0v) is 19.1. The van der Waals surface area contributed by atoms with Crippen LogP contribution in [0.3, 0.4) is 0 Å². The molecule has 1 fully saturated rings. The predicted octanol–water partition coefficient (Wildman–Crippen LogP) is 4.09. The van der Waals surface area contributed by atoms with Crippen molar-refractivity contribution in [1.29, 1.82) is 0 Å². The molecule has 0 unspecified atom stereocenters. The number of hydrogen-bond acceptors (Lipinski definition) is 3. The number of aromatic nitrogens is 2. The highest BCUT2D eigenvalue weighted by molar-refractivity contribution is 6.30. The van der Waals surface area contributed by atoms with E-state index >= 15 is 0 Å². The lowest BCUT2D eigenvalue weighted by Gasteiger charge is -2.34. The number of carbonyl (C=O) groups is 1. The van der Waals surface area contributed by atoms with Gasteiger partial charge in [0.25, 0.3) is 5.56 Å². The van der Waals surface area contributed by atoms with E-state index in [4.69, 9.17) is 11.6 Å². The van der Waals surface area contributed by atoms with Crippen LogP contribution in [0.25, 0.3) is 16.6 Å². The Labute approximate surface area is 195 Å². The standard InChI is InChI=1S/C25H24ClFN4O2/c1-17-3-9-22-25(33)30(21-10-6-19(27)15-23(21)31(17)22)12-2-11-28-13-14-29(24(32)16-28)20-7-4-18(26)5-8-20/h3-10,15H,2,11-14,16H2,1H3. The van der Waals surface area contributed by atoms with Crippen molar-refractivity contribution in [3.05, 3.63) is 81.5 Å². The van der Waals surface area contributed by atoms with Gasteiger partial charge in [-0.15, -0.1) is 0 Å². The number of nitrogens with zero attached hydrogens (tertiary/aromatic N) is 4. The lowest BCUT2D eigenvalue weighted by Crippen LogP contribution is -2.50. The maximum atomic E-state index is 14.0. The Bertz CT molecular complexity index is 1410. The van der Waals surface area contributed by atoms with Gasteiger partial charge in [0.1, 0.15) is 11.3 Å². The third-order valence-electron chi connectivity index (χ3n) is 6.30. The van der Waals surface area contributed by atoms with Gasteiger partial charge in [-0.25, -0.2) is 4.39 Å². The molecule has 0 saturated carbocycles. The third-order valence-corrected chi connectivity index (χ3v) is 6.56. The number of fused-ring (bicyclic) bond motifs is 3. The Balaban J connectivity index is 1.31. The second kappa shape index (κ2) is 8.65. The van der Waals surface area contributed by atoms with E-state index in [-0.39, 0.29) is 17.3 Å². The van der Waals surface area contributed by atoms with Crippen LogP contribution in [-0.2, 0) is 11.3 Å². The minimum Gasteiger partial charge on any atom is -0.310 e. The zero-order chi connectivity index (χ0) is 23.1. The van der Waals surface area contributed by atoms with E-state index < -0.39 is 0 Å². The molecule has 0 atom stereocenters. The van der Waals surface area contributed by atoms with Crippen LogP contribution >= 0.6 is 11.6 Å².